The highest BCUT2D eigenvalue weighted by Crippen LogP contribution is 1.97. The second-order valence-corrected chi connectivity index (χ2v) is 4.71. The normalized spacial score (nSPS) is 11.7. The molecule has 0 fully saturated rings. The van der Waals surface area contributed by atoms with Crippen LogP contribution in [0.4, 0.5) is 0 Å². The summed E-state index contributed by atoms with van der Waals surface area (Å²) < 4.78 is 0. The molecule has 0 atom stereocenters. The van der Waals surface area contributed by atoms with Gasteiger partial charge < -0.3 is 11.5 Å². The van der Waals surface area contributed by atoms with Gasteiger partial charge in [0.05, 0.1) is 11.9 Å². The molecule has 21 heavy (non-hydrogen) atoms. The summed E-state index contributed by atoms with van der Waals surface area (Å²) in [7, 11) is 0. The molecule has 0 rings (SSSR count). The number of hydrogen-bond acceptors (Lipinski definition) is 4. The molecule has 0 amide bonds. The quantitative estimate of drug-likeness (QED) is 0.290. The molecule has 0 aromatic rings. The SMILES string of the molecule is CCCCN(/N=C/C(C)=N/N(CCCC)C(=N)N)C(=N)N. The van der Waals surface area contributed by atoms with Gasteiger partial charge in [0.25, 0.3) is 0 Å². The first-order valence-corrected chi connectivity index (χ1v) is 7.24. The molecule has 0 saturated carbocycles. The van der Waals surface area contributed by atoms with Gasteiger partial charge in [0, 0.05) is 13.1 Å². The number of nitrogens with one attached hydrogen (secondary N) is 2. The molecule has 0 saturated heterocycles. The maximum atomic E-state index is 7.49. The van der Waals surface area contributed by atoms with E-state index in [0.717, 1.165) is 25.7 Å². The van der Waals surface area contributed by atoms with Gasteiger partial charge in [-0.2, -0.15) is 10.2 Å². The standard InChI is InChI=1S/C13H28N8/c1-4-6-8-20(12(14)15)18-10-11(3)19-21(13(16)17)9-7-5-2/h10H,4-9H2,1-3H3,(H3,14,15)(H3,16,17)/b18-10+,19-11+. The maximum Gasteiger partial charge on any atom is 0.209 e. The number of unbranched alkanes of at least 4 members (excludes halogenated alkanes) is 2. The third-order valence-electron chi connectivity index (χ3n) is 2.67. The maximum absolute atomic E-state index is 7.49. The van der Waals surface area contributed by atoms with Crippen LogP contribution in [0.1, 0.15) is 46.5 Å². The predicted molar refractivity (Wildman–Crippen MR) is 88.7 cm³/mol. The number of rotatable bonds is 9. The van der Waals surface area contributed by atoms with Crippen molar-refractivity contribution in [3.05, 3.63) is 0 Å². The molecule has 0 aliphatic rings. The molecule has 6 N–H and O–H groups in total. The van der Waals surface area contributed by atoms with Gasteiger partial charge in [-0.1, -0.05) is 26.7 Å². The molecule has 120 valence electrons. The molecule has 0 bridgehead atoms. The molecule has 8 nitrogen and oxygen atoms in total. The molecule has 0 heterocycles. The Morgan fingerprint density at radius 1 is 1.00 bits per heavy atom. The minimum Gasteiger partial charge on any atom is -0.369 e. The lowest BCUT2D eigenvalue weighted by Crippen LogP contribution is -2.34. The van der Waals surface area contributed by atoms with Crippen LogP contribution in [-0.4, -0.2) is 47.0 Å². The van der Waals surface area contributed by atoms with Crippen molar-refractivity contribution in [2.75, 3.05) is 13.1 Å². The molecular formula is C13H28N8. The third-order valence-corrected chi connectivity index (χ3v) is 2.67. The minimum absolute atomic E-state index is 0.0920. The van der Waals surface area contributed by atoms with Gasteiger partial charge in [-0.15, -0.1) is 0 Å². The Kier molecular flexibility index (Phi) is 9.57. The Hall–Kier alpha value is -2.12. The minimum atomic E-state index is -0.0955. The van der Waals surface area contributed by atoms with Crippen LogP contribution in [-0.2, 0) is 0 Å². The van der Waals surface area contributed by atoms with Gasteiger partial charge in [0.2, 0.25) is 11.9 Å². The highest BCUT2D eigenvalue weighted by molar-refractivity contribution is 6.29. The number of guanidine groups is 2. The summed E-state index contributed by atoms with van der Waals surface area (Å²) in [5.41, 5.74) is 11.6. The number of nitrogens with zero attached hydrogens (tertiary/aromatic N) is 4. The molecule has 0 spiro atoms. The fourth-order valence-corrected chi connectivity index (χ4v) is 1.45. The lowest BCUT2D eigenvalue weighted by molar-refractivity contribution is 0.422. The van der Waals surface area contributed by atoms with Gasteiger partial charge in [-0.25, -0.2) is 10.0 Å². The van der Waals surface area contributed by atoms with E-state index < -0.39 is 0 Å². The second kappa shape index (κ2) is 10.6. The molecule has 0 unspecified atom stereocenters. The van der Waals surface area contributed by atoms with E-state index in [-0.39, 0.29) is 11.9 Å². The zero-order valence-corrected chi connectivity index (χ0v) is 13.3. The molecule has 0 aliphatic carbocycles. The van der Waals surface area contributed by atoms with Crippen molar-refractivity contribution in [1.82, 2.24) is 10.0 Å². The third kappa shape index (κ3) is 8.61. The van der Waals surface area contributed by atoms with Crippen LogP contribution >= 0.6 is 0 Å². The van der Waals surface area contributed by atoms with Crippen LogP contribution in [0.2, 0.25) is 0 Å². The number of hydrazone groups is 2. The van der Waals surface area contributed by atoms with Crippen molar-refractivity contribution < 1.29 is 0 Å². The Bertz CT molecular complexity index is 388. The van der Waals surface area contributed by atoms with Crippen LogP contribution in [0.5, 0.6) is 0 Å². The Morgan fingerprint density at radius 3 is 1.90 bits per heavy atom. The van der Waals surface area contributed by atoms with Crippen LogP contribution in [0, 0.1) is 10.8 Å². The van der Waals surface area contributed by atoms with E-state index in [9.17, 15) is 0 Å². The van der Waals surface area contributed by atoms with Crippen LogP contribution < -0.4 is 11.5 Å². The van der Waals surface area contributed by atoms with Crippen molar-refractivity contribution in [3.63, 3.8) is 0 Å². The second-order valence-electron chi connectivity index (χ2n) is 4.71. The van der Waals surface area contributed by atoms with E-state index in [4.69, 9.17) is 22.3 Å². The molecule has 8 heteroatoms. The summed E-state index contributed by atoms with van der Waals surface area (Å²) in [5.74, 6) is -0.187. The van der Waals surface area contributed by atoms with E-state index in [1.54, 1.807) is 6.92 Å². The Morgan fingerprint density at radius 2 is 1.48 bits per heavy atom. The summed E-state index contributed by atoms with van der Waals surface area (Å²) in [6.45, 7) is 7.09. The lowest BCUT2D eigenvalue weighted by Gasteiger charge is -2.17. The van der Waals surface area contributed by atoms with Gasteiger partial charge in [0.15, 0.2) is 0 Å². The average molecular weight is 296 g/mol. The predicted octanol–water partition coefficient (Wildman–Crippen LogP) is 1.34. The first-order valence-electron chi connectivity index (χ1n) is 7.24. The van der Waals surface area contributed by atoms with Gasteiger partial charge in [-0.3, -0.25) is 10.8 Å². The van der Waals surface area contributed by atoms with Gasteiger partial charge >= 0.3 is 0 Å². The molecule has 0 aliphatic heterocycles. The van der Waals surface area contributed by atoms with E-state index in [0.29, 0.717) is 18.8 Å². The highest BCUT2D eigenvalue weighted by Gasteiger charge is 2.05. The van der Waals surface area contributed by atoms with Gasteiger partial charge in [0.1, 0.15) is 0 Å². The smallest absolute Gasteiger partial charge is 0.209 e. The zero-order chi connectivity index (χ0) is 16.3. The molecule has 0 aromatic heterocycles. The summed E-state index contributed by atoms with van der Waals surface area (Å²) in [6.07, 6.45) is 5.34. The summed E-state index contributed by atoms with van der Waals surface area (Å²) in [4.78, 5) is 0. The van der Waals surface area contributed by atoms with Crippen LogP contribution in [0.15, 0.2) is 10.2 Å². The Balaban J connectivity index is 4.75. The van der Waals surface area contributed by atoms with Crippen molar-refractivity contribution in [2.24, 2.45) is 21.7 Å². The summed E-state index contributed by atoms with van der Waals surface area (Å²) in [5, 5.41) is 26.2. The summed E-state index contributed by atoms with van der Waals surface area (Å²) >= 11 is 0. The van der Waals surface area contributed by atoms with E-state index >= 15 is 0 Å². The number of nitrogens with two attached hydrogens (primary N) is 2. The lowest BCUT2D eigenvalue weighted by atomic mass is 10.3. The average Bonchev–Trinajstić information content (AvgIpc) is 2.42. The molecule has 0 aromatic carbocycles. The molecular weight excluding hydrogens is 268 g/mol. The van der Waals surface area contributed by atoms with Crippen molar-refractivity contribution in [3.8, 4) is 0 Å². The summed E-state index contributed by atoms with van der Waals surface area (Å²) in [6, 6.07) is 0. The largest absolute Gasteiger partial charge is 0.369 e. The highest BCUT2D eigenvalue weighted by atomic mass is 15.5. The van der Waals surface area contributed by atoms with E-state index in [1.807, 2.05) is 0 Å². The van der Waals surface area contributed by atoms with Crippen molar-refractivity contribution >= 4 is 23.8 Å². The zero-order valence-electron chi connectivity index (χ0n) is 13.3. The monoisotopic (exact) mass is 296 g/mol. The van der Waals surface area contributed by atoms with Gasteiger partial charge in [-0.05, 0) is 19.8 Å². The van der Waals surface area contributed by atoms with Crippen molar-refractivity contribution in [1.29, 1.82) is 10.8 Å². The van der Waals surface area contributed by atoms with E-state index in [2.05, 4.69) is 24.1 Å². The van der Waals surface area contributed by atoms with Crippen LogP contribution in [0.25, 0.3) is 0 Å². The Labute approximate surface area is 126 Å². The fraction of sp³-hybridized carbons (Fsp3) is 0.692. The van der Waals surface area contributed by atoms with E-state index in [1.165, 1.54) is 16.2 Å². The van der Waals surface area contributed by atoms with Crippen LogP contribution in [0.3, 0.4) is 0 Å². The van der Waals surface area contributed by atoms with Crippen molar-refractivity contribution in [2.45, 2.75) is 46.5 Å². The first-order chi connectivity index (χ1) is 9.92. The fourth-order valence-electron chi connectivity index (χ4n) is 1.45. The first kappa shape index (κ1) is 18.9. The molecule has 0 radical (unpaired) electrons. The topological polar surface area (TPSA) is 131 Å². The number of hydrogen-bond donors (Lipinski definition) is 4.